The van der Waals surface area contributed by atoms with Gasteiger partial charge < -0.3 is 10.4 Å². The van der Waals surface area contributed by atoms with Gasteiger partial charge in [0.15, 0.2) is 11.4 Å². The third kappa shape index (κ3) is 4.48. The van der Waals surface area contributed by atoms with E-state index >= 15 is 0 Å². The minimum Gasteiger partial charge on any atom is -0.377 e. The molecule has 4 nitrogen and oxygen atoms in total. The van der Waals surface area contributed by atoms with Gasteiger partial charge in [-0.05, 0) is 60.5 Å². The van der Waals surface area contributed by atoms with Crippen molar-refractivity contribution in [2.24, 2.45) is 5.92 Å². The van der Waals surface area contributed by atoms with Gasteiger partial charge in [0.1, 0.15) is 5.82 Å². The highest BCUT2D eigenvalue weighted by Gasteiger charge is 2.48. The van der Waals surface area contributed by atoms with Crippen molar-refractivity contribution in [1.29, 1.82) is 0 Å². The highest BCUT2D eigenvalue weighted by molar-refractivity contribution is 5.91. The van der Waals surface area contributed by atoms with Gasteiger partial charge in [0.05, 0.1) is 6.54 Å². The van der Waals surface area contributed by atoms with E-state index < -0.39 is 5.60 Å². The average Bonchev–Trinajstić information content (AvgIpc) is 3.26. The Kier molecular flexibility index (Phi) is 6.61. The molecule has 4 rings (SSSR count). The molecule has 1 unspecified atom stereocenters. The van der Waals surface area contributed by atoms with E-state index in [0.717, 1.165) is 57.3 Å². The van der Waals surface area contributed by atoms with E-state index in [0.29, 0.717) is 12.1 Å². The van der Waals surface area contributed by atoms with Crippen LogP contribution in [0.4, 0.5) is 4.39 Å². The first kappa shape index (κ1) is 21.2. The molecule has 0 bridgehead atoms. The Bertz CT molecular complexity index is 867. The number of carbonyl (C=O) groups is 1. The molecule has 1 aliphatic carbocycles. The van der Waals surface area contributed by atoms with Gasteiger partial charge in [-0.1, -0.05) is 49.2 Å². The van der Waals surface area contributed by atoms with Crippen molar-refractivity contribution in [3.8, 4) is 0 Å². The van der Waals surface area contributed by atoms with Crippen LogP contribution < -0.4 is 5.32 Å². The number of benzene rings is 2. The van der Waals surface area contributed by atoms with Gasteiger partial charge in [-0.3, -0.25) is 9.69 Å². The third-order valence-electron chi connectivity index (χ3n) is 6.61. The van der Waals surface area contributed by atoms with Gasteiger partial charge in [0.2, 0.25) is 0 Å². The molecule has 30 heavy (non-hydrogen) atoms. The van der Waals surface area contributed by atoms with E-state index in [2.05, 4.69) is 22.3 Å². The lowest BCUT2D eigenvalue weighted by molar-refractivity contribution is -0.145. The molecule has 1 fully saturated rings. The van der Waals surface area contributed by atoms with Crippen molar-refractivity contribution < 1.29 is 14.3 Å². The Morgan fingerprint density at radius 2 is 1.87 bits per heavy atom. The number of carbonyl (C=O) groups excluding carboxylic acids is 1. The summed E-state index contributed by atoms with van der Waals surface area (Å²) in [6.45, 7) is 3.08. The Morgan fingerprint density at radius 1 is 1.10 bits per heavy atom. The molecule has 0 saturated heterocycles. The minimum absolute atomic E-state index is 0.0679. The van der Waals surface area contributed by atoms with E-state index in [1.54, 1.807) is 6.07 Å². The molecule has 160 valence electrons. The lowest BCUT2D eigenvalue weighted by atomic mass is 9.76. The molecule has 0 aromatic heterocycles. The predicted octanol–water partition coefficient (Wildman–Crippen LogP) is 3.77. The number of ketones is 1. The molecule has 1 atom stereocenters. The van der Waals surface area contributed by atoms with E-state index in [9.17, 15) is 14.3 Å². The number of hydrogen-bond donors (Lipinski definition) is 2. The second kappa shape index (κ2) is 9.38. The van der Waals surface area contributed by atoms with Crippen molar-refractivity contribution in [1.82, 2.24) is 10.2 Å². The molecule has 1 saturated carbocycles. The minimum atomic E-state index is -1.49. The van der Waals surface area contributed by atoms with Crippen molar-refractivity contribution in [2.45, 2.75) is 50.8 Å². The SMILES string of the molecule is O=C1CN(CCCNCc2ccccc2)Cc2cc(F)ccc2C1(O)C1CCCC1. The summed E-state index contributed by atoms with van der Waals surface area (Å²) in [5.41, 5.74) is 1.12. The molecule has 0 radical (unpaired) electrons. The third-order valence-corrected chi connectivity index (χ3v) is 6.61. The monoisotopic (exact) mass is 410 g/mol. The summed E-state index contributed by atoms with van der Waals surface area (Å²) in [6, 6.07) is 14.7. The molecule has 2 aliphatic rings. The summed E-state index contributed by atoms with van der Waals surface area (Å²) in [6.07, 6.45) is 4.65. The van der Waals surface area contributed by atoms with Crippen molar-refractivity contribution in [2.75, 3.05) is 19.6 Å². The summed E-state index contributed by atoms with van der Waals surface area (Å²) < 4.78 is 14.0. The summed E-state index contributed by atoms with van der Waals surface area (Å²) in [4.78, 5) is 15.3. The molecular weight excluding hydrogens is 379 g/mol. The van der Waals surface area contributed by atoms with Gasteiger partial charge >= 0.3 is 0 Å². The Balaban J connectivity index is 1.42. The number of aliphatic hydroxyl groups is 1. The maximum Gasteiger partial charge on any atom is 0.183 e. The van der Waals surface area contributed by atoms with Crippen molar-refractivity contribution in [3.63, 3.8) is 0 Å². The first-order chi connectivity index (χ1) is 14.6. The van der Waals surface area contributed by atoms with Crippen LogP contribution in [0, 0.1) is 11.7 Å². The van der Waals surface area contributed by atoms with Crippen LogP contribution in [0.3, 0.4) is 0 Å². The van der Waals surface area contributed by atoms with Gasteiger partial charge in [-0.2, -0.15) is 0 Å². The van der Waals surface area contributed by atoms with Crippen LogP contribution in [0.1, 0.15) is 48.8 Å². The molecule has 2 aromatic carbocycles. The summed E-state index contributed by atoms with van der Waals surface area (Å²) in [5.74, 6) is -0.528. The zero-order valence-corrected chi connectivity index (χ0v) is 17.4. The fourth-order valence-corrected chi connectivity index (χ4v) is 5.04. The Hall–Kier alpha value is -2.08. The fraction of sp³-hybridized carbons (Fsp3) is 0.480. The molecule has 5 heteroatoms. The largest absolute Gasteiger partial charge is 0.377 e. The van der Waals surface area contributed by atoms with E-state index in [1.807, 2.05) is 18.2 Å². The van der Waals surface area contributed by atoms with Crippen LogP contribution >= 0.6 is 0 Å². The standard InChI is InChI=1S/C25H31FN2O2/c26-22-11-12-23-20(15-22)17-28(14-6-13-27-16-19-7-2-1-3-8-19)18-24(29)25(23,30)21-9-4-5-10-21/h1-3,7-8,11-12,15,21,27,30H,4-6,9-10,13-14,16-18H2. The smallest absolute Gasteiger partial charge is 0.183 e. The molecule has 0 amide bonds. The molecule has 1 heterocycles. The second-order valence-electron chi connectivity index (χ2n) is 8.70. The average molecular weight is 411 g/mol. The maximum absolute atomic E-state index is 14.0. The van der Waals surface area contributed by atoms with E-state index in [1.165, 1.54) is 17.7 Å². The Morgan fingerprint density at radius 3 is 2.63 bits per heavy atom. The summed E-state index contributed by atoms with van der Waals surface area (Å²) in [5, 5.41) is 15.0. The first-order valence-electron chi connectivity index (χ1n) is 11.1. The van der Waals surface area contributed by atoms with E-state index in [-0.39, 0.29) is 24.1 Å². The highest BCUT2D eigenvalue weighted by atomic mass is 19.1. The molecule has 2 aromatic rings. The first-order valence-corrected chi connectivity index (χ1v) is 11.1. The van der Waals surface area contributed by atoms with Crippen LogP contribution in [0.5, 0.6) is 0 Å². The topological polar surface area (TPSA) is 52.6 Å². The number of Topliss-reactive ketones (excluding diaryl/α,β-unsaturated/α-hetero) is 1. The highest BCUT2D eigenvalue weighted by Crippen LogP contribution is 2.44. The number of fused-ring (bicyclic) bond motifs is 1. The van der Waals surface area contributed by atoms with Gasteiger partial charge in [-0.25, -0.2) is 4.39 Å². The molecule has 2 N–H and O–H groups in total. The van der Waals surface area contributed by atoms with Gasteiger partial charge in [0.25, 0.3) is 0 Å². The zero-order chi connectivity index (χ0) is 21.0. The molecular formula is C25H31FN2O2. The van der Waals surface area contributed by atoms with Crippen LogP contribution in [0.2, 0.25) is 0 Å². The second-order valence-corrected chi connectivity index (χ2v) is 8.70. The number of nitrogens with one attached hydrogen (secondary N) is 1. The molecule has 1 aliphatic heterocycles. The molecule has 0 spiro atoms. The van der Waals surface area contributed by atoms with Crippen LogP contribution in [0.25, 0.3) is 0 Å². The summed E-state index contributed by atoms with van der Waals surface area (Å²) >= 11 is 0. The number of nitrogens with zero attached hydrogens (tertiary/aromatic N) is 1. The number of halogens is 1. The normalized spacial score (nSPS) is 22.8. The van der Waals surface area contributed by atoms with Crippen molar-refractivity contribution >= 4 is 5.78 Å². The zero-order valence-electron chi connectivity index (χ0n) is 17.4. The quantitative estimate of drug-likeness (QED) is 0.683. The van der Waals surface area contributed by atoms with Crippen LogP contribution in [0.15, 0.2) is 48.5 Å². The van der Waals surface area contributed by atoms with Crippen molar-refractivity contribution in [3.05, 3.63) is 71.0 Å². The van der Waals surface area contributed by atoms with Crippen LogP contribution in [-0.4, -0.2) is 35.4 Å². The van der Waals surface area contributed by atoms with E-state index in [4.69, 9.17) is 0 Å². The maximum atomic E-state index is 14.0. The van der Waals surface area contributed by atoms with Gasteiger partial charge in [-0.15, -0.1) is 0 Å². The lowest BCUT2D eigenvalue weighted by Crippen LogP contribution is -2.45. The number of hydrogen-bond acceptors (Lipinski definition) is 4. The lowest BCUT2D eigenvalue weighted by Gasteiger charge is -2.33. The predicted molar refractivity (Wildman–Crippen MR) is 115 cm³/mol. The van der Waals surface area contributed by atoms with Gasteiger partial charge in [0, 0.05) is 19.6 Å². The summed E-state index contributed by atoms with van der Waals surface area (Å²) in [7, 11) is 0. The van der Waals surface area contributed by atoms with Crippen LogP contribution in [-0.2, 0) is 23.5 Å². The fourth-order valence-electron chi connectivity index (χ4n) is 5.04. The Labute approximate surface area is 178 Å². The number of rotatable bonds is 7.